The lowest BCUT2D eigenvalue weighted by Gasteiger charge is -2.36. The van der Waals surface area contributed by atoms with E-state index < -0.39 is 0 Å². The number of carbonyl (C=O) groups is 2. The van der Waals surface area contributed by atoms with E-state index in [-0.39, 0.29) is 11.8 Å². The van der Waals surface area contributed by atoms with Crippen molar-refractivity contribution in [2.45, 2.75) is 40.0 Å². The Labute approximate surface area is 208 Å². The zero-order valence-corrected chi connectivity index (χ0v) is 21.2. The molecule has 4 rings (SSSR count). The maximum absolute atomic E-state index is 13.3. The van der Waals surface area contributed by atoms with Gasteiger partial charge in [-0.1, -0.05) is 57.2 Å². The molecule has 35 heavy (non-hydrogen) atoms. The van der Waals surface area contributed by atoms with Crippen LogP contribution < -0.4 is 10.2 Å². The molecular weight excluding hydrogens is 434 g/mol. The van der Waals surface area contributed by atoms with Crippen molar-refractivity contribution < 1.29 is 9.59 Å². The second-order valence-corrected chi connectivity index (χ2v) is 9.50. The van der Waals surface area contributed by atoms with E-state index >= 15 is 0 Å². The fourth-order valence-electron chi connectivity index (χ4n) is 4.67. The first-order valence-corrected chi connectivity index (χ1v) is 12.5. The van der Waals surface area contributed by atoms with Gasteiger partial charge < -0.3 is 15.1 Å². The van der Waals surface area contributed by atoms with Crippen molar-refractivity contribution in [2.24, 2.45) is 0 Å². The average Bonchev–Trinajstić information content (AvgIpc) is 2.88. The second kappa shape index (κ2) is 10.8. The maximum Gasteiger partial charge on any atom is 0.256 e. The Bertz CT molecular complexity index is 1180. The summed E-state index contributed by atoms with van der Waals surface area (Å²) < 4.78 is 0. The molecule has 0 saturated carbocycles. The average molecular weight is 470 g/mol. The van der Waals surface area contributed by atoms with E-state index in [0.29, 0.717) is 17.9 Å². The first-order valence-electron chi connectivity index (χ1n) is 12.5. The molecular formula is C30H35N3O2. The molecule has 0 aliphatic carbocycles. The van der Waals surface area contributed by atoms with Crippen LogP contribution >= 0.6 is 0 Å². The number of nitrogens with one attached hydrogen (secondary N) is 1. The molecule has 1 aliphatic rings. The third-order valence-corrected chi connectivity index (χ3v) is 6.81. The number of amides is 2. The predicted molar refractivity (Wildman–Crippen MR) is 144 cm³/mol. The summed E-state index contributed by atoms with van der Waals surface area (Å²) in [6, 6.07) is 22.3. The highest BCUT2D eigenvalue weighted by Crippen LogP contribution is 2.30. The lowest BCUT2D eigenvalue weighted by atomic mass is 9.92. The van der Waals surface area contributed by atoms with Crippen molar-refractivity contribution >= 4 is 23.2 Å². The minimum absolute atomic E-state index is 0.115. The Morgan fingerprint density at radius 2 is 1.54 bits per heavy atom. The first-order chi connectivity index (χ1) is 16.9. The van der Waals surface area contributed by atoms with Crippen LogP contribution in [-0.4, -0.2) is 42.9 Å². The van der Waals surface area contributed by atoms with Gasteiger partial charge in [-0.3, -0.25) is 9.59 Å². The van der Waals surface area contributed by atoms with Gasteiger partial charge in [0.15, 0.2) is 0 Å². The standard InChI is InChI=1S/C30H35N3O2/c1-5-28(34)33-19-17-32(18-20-33)26-15-13-25(14-16-26)31-30(35)27-8-6-7-22(4)29(27)24-11-9-23(10-12-24)21(2)3/h6-16,21H,5,17-20H2,1-4H3,(H,31,35). The number of piperazine rings is 1. The zero-order chi connectivity index (χ0) is 24.9. The third-order valence-electron chi connectivity index (χ3n) is 6.81. The normalized spacial score (nSPS) is 13.7. The molecule has 1 aliphatic heterocycles. The molecule has 3 aromatic rings. The molecule has 0 bridgehead atoms. The van der Waals surface area contributed by atoms with Crippen LogP contribution in [0.5, 0.6) is 0 Å². The number of nitrogens with zero attached hydrogens (tertiary/aromatic N) is 2. The van der Waals surface area contributed by atoms with Crippen molar-refractivity contribution in [3.05, 3.63) is 83.4 Å². The largest absolute Gasteiger partial charge is 0.368 e. The first kappa shape index (κ1) is 24.5. The molecule has 1 fully saturated rings. The molecule has 5 heteroatoms. The lowest BCUT2D eigenvalue weighted by Crippen LogP contribution is -2.48. The van der Waals surface area contributed by atoms with Gasteiger partial charge in [-0.15, -0.1) is 0 Å². The molecule has 3 aromatic carbocycles. The molecule has 0 atom stereocenters. The minimum atomic E-state index is -0.115. The number of rotatable bonds is 6. The van der Waals surface area contributed by atoms with Crippen molar-refractivity contribution in [2.75, 3.05) is 36.4 Å². The van der Waals surface area contributed by atoms with Crippen LogP contribution in [0.15, 0.2) is 66.7 Å². The quantitative estimate of drug-likeness (QED) is 0.475. The summed E-state index contributed by atoms with van der Waals surface area (Å²) in [4.78, 5) is 29.4. The smallest absolute Gasteiger partial charge is 0.256 e. The number of anilines is 2. The van der Waals surface area contributed by atoms with Crippen LogP contribution in [0.4, 0.5) is 11.4 Å². The molecule has 182 valence electrons. The summed E-state index contributed by atoms with van der Waals surface area (Å²) in [6.07, 6.45) is 0.556. The summed E-state index contributed by atoms with van der Waals surface area (Å²) in [6.45, 7) is 11.5. The van der Waals surface area contributed by atoms with Crippen LogP contribution in [0.3, 0.4) is 0 Å². The Morgan fingerprint density at radius 1 is 0.886 bits per heavy atom. The zero-order valence-electron chi connectivity index (χ0n) is 21.2. The molecule has 0 unspecified atom stereocenters. The lowest BCUT2D eigenvalue weighted by molar-refractivity contribution is -0.131. The highest BCUT2D eigenvalue weighted by Gasteiger charge is 2.20. The van der Waals surface area contributed by atoms with Crippen LogP contribution in [0.2, 0.25) is 0 Å². The summed E-state index contributed by atoms with van der Waals surface area (Å²) in [5.41, 5.74) is 6.92. The van der Waals surface area contributed by atoms with Crippen LogP contribution in [-0.2, 0) is 4.79 Å². The summed E-state index contributed by atoms with van der Waals surface area (Å²) in [5.74, 6) is 0.569. The van der Waals surface area contributed by atoms with Gasteiger partial charge in [0.2, 0.25) is 5.91 Å². The van der Waals surface area contributed by atoms with Crippen LogP contribution in [0.1, 0.15) is 54.6 Å². The Balaban J connectivity index is 1.47. The Morgan fingerprint density at radius 3 is 2.14 bits per heavy atom. The second-order valence-electron chi connectivity index (χ2n) is 9.50. The minimum Gasteiger partial charge on any atom is -0.368 e. The van der Waals surface area contributed by atoms with E-state index in [4.69, 9.17) is 0 Å². The Kier molecular flexibility index (Phi) is 7.54. The third kappa shape index (κ3) is 5.56. The van der Waals surface area contributed by atoms with E-state index in [0.717, 1.165) is 54.2 Å². The summed E-state index contributed by atoms with van der Waals surface area (Å²) in [5, 5.41) is 3.07. The molecule has 0 aromatic heterocycles. The van der Waals surface area contributed by atoms with Crippen molar-refractivity contribution in [3.8, 4) is 11.1 Å². The van der Waals surface area contributed by atoms with E-state index in [9.17, 15) is 9.59 Å². The Hall–Kier alpha value is -3.60. The van der Waals surface area contributed by atoms with E-state index in [2.05, 4.69) is 48.3 Å². The number of benzene rings is 3. The maximum atomic E-state index is 13.3. The van der Waals surface area contributed by atoms with Gasteiger partial charge in [0.1, 0.15) is 0 Å². The fourth-order valence-corrected chi connectivity index (χ4v) is 4.67. The number of aryl methyl sites for hydroxylation is 1. The molecule has 1 saturated heterocycles. The van der Waals surface area contributed by atoms with Gasteiger partial charge in [0.25, 0.3) is 5.91 Å². The molecule has 0 spiro atoms. The number of hydrogen-bond acceptors (Lipinski definition) is 3. The molecule has 0 radical (unpaired) electrons. The molecule has 5 nitrogen and oxygen atoms in total. The van der Waals surface area contributed by atoms with Gasteiger partial charge in [-0.05, 0) is 65.4 Å². The van der Waals surface area contributed by atoms with Crippen LogP contribution in [0, 0.1) is 6.92 Å². The van der Waals surface area contributed by atoms with Crippen molar-refractivity contribution in [1.29, 1.82) is 0 Å². The predicted octanol–water partition coefficient (Wildman–Crippen LogP) is 6.10. The van der Waals surface area contributed by atoms with Gasteiger partial charge in [0.05, 0.1) is 0 Å². The van der Waals surface area contributed by atoms with E-state index in [1.54, 1.807) is 0 Å². The van der Waals surface area contributed by atoms with Gasteiger partial charge in [-0.25, -0.2) is 0 Å². The van der Waals surface area contributed by atoms with Crippen molar-refractivity contribution in [1.82, 2.24) is 4.90 Å². The molecule has 1 heterocycles. The monoisotopic (exact) mass is 469 g/mol. The molecule has 2 amide bonds. The summed E-state index contributed by atoms with van der Waals surface area (Å²) in [7, 11) is 0. The highest BCUT2D eigenvalue weighted by atomic mass is 16.2. The highest BCUT2D eigenvalue weighted by molar-refractivity contribution is 6.09. The number of hydrogen-bond donors (Lipinski definition) is 1. The topological polar surface area (TPSA) is 52.7 Å². The van der Waals surface area contributed by atoms with Crippen molar-refractivity contribution in [3.63, 3.8) is 0 Å². The van der Waals surface area contributed by atoms with Crippen LogP contribution in [0.25, 0.3) is 11.1 Å². The fraction of sp³-hybridized carbons (Fsp3) is 0.333. The van der Waals surface area contributed by atoms with Gasteiger partial charge in [-0.2, -0.15) is 0 Å². The number of carbonyl (C=O) groups excluding carboxylic acids is 2. The SMILES string of the molecule is CCC(=O)N1CCN(c2ccc(NC(=O)c3cccc(C)c3-c3ccc(C(C)C)cc3)cc2)CC1. The van der Waals surface area contributed by atoms with E-state index in [1.165, 1.54) is 5.56 Å². The summed E-state index contributed by atoms with van der Waals surface area (Å²) >= 11 is 0. The van der Waals surface area contributed by atoms with E-state index in [1.807, 2.05) is 61.2 Å². The molecule has 1 N–H and O–H groups in total. The van der Waals surface area contributed by atoms with Gasteiger partial charge in [0, 0.05) is 49.5 Å². The van der Waals surface area contributed by atoms with Gasteiger partial charge >= 0.3 is 0 Å².